The van der Waals surface area contributed by atoms with Gasteiger partial charge in [-0.15, -0.1) is 0 Å². The molecule has 0 fully saturated rings. The van der Waals surface area contributed by atoms with Gasteiger partial charge in [-0.25, -0.2) is 8.42 Å². The number of hydrogen-bond acceptors (Lipinski definition) is 6. The van der Waals surface area contributed by atoms with E-state index in [2.05, 4.69) is 15.5 Å². The van der Waals surface area contributed by atoms with E-state index in [4.69, 9.17) is 16.1 Å². The van der Waals surface area contributed by atoms with Crippen LogP contribution in [-0.4, -0.2) is 37.3 Å². The van der Waals surface area contributed by atoms with Gasteiger partial charge in [-0.3, -0.25) is 9.10 Å². The fraction of sp³-hybridized carbons (Fsp3) is 0.250. The highest BCUT2D eigenvalue weighted by Crippen LogP contribution is 2.25. The Morgan fingerprint density at radius 1 is 1.20 bits per heavy atom. The average Bonchev–Trinajstić information content (AvgIpc) is 3.15. The van der Waals surface area contributed by atoms with E-state index in [0.29, 0.717) is 22.1 Å². The first-order valence-corrected chi connectivity index (χ1v) is 11.3. The minimum Gasteiger partial charge on any atom is -0.345 e. The fourth-order valence-corrected chi connectivity index (χ4v) is 3.93. The molecule has 30 heavy (non-hydrogen) atoms. The largest absolute Gasteiger partial charge is 0.345 e. The fourth-order valence-electron chi connectivity index (χ4n) is 2.81. The van der Waals surface area contributed by atoms with Crippen LogP contribution < -0.4 is 9.62 Å². The summed E-state index contributed by atoms with van der Waals surface area (Å²) in [6, 6.07) is 12.5. The second kappa shape index (κ2) is 8.85. The Morgan fingerprint density at radius 3 is 2.63 bits per heavy atom. The summed E-state index contributed by atoms with van der Waals surface area (Å²) >= 11 is 6.12. The number of carbonyl (C=O) groups excluding carboxylic acids is 1. The van der Waals surface area contributed by atoms with Crippen molar-refractivity contribution in [2.24, 2.45) is 0 Å². The van der Waals surface area contributed by atoms with E-state index < -0.39 is 15.9 Å². The minimum atomic E-state index is -3.67. The molecule has 0 saturated carbocycles. The number of hydrogen-bond donors (Lipinski definition) is 1. The van der Waals surface area contributed by atoms with Gasteiger partial charge in [-0.1, -0.05) is 41.0 Å². The normalized spacial score (nSPS) is 11.3. The summed E-state index contributed by atoms with van der Waals surface area (Å²) in [7, 11) is -3.67. The summed E-state index contributed by atoms with van der Waals surface area (Å²) in [6.07, 6.45) is 1.07. The monoisotopic (exact) mass is 448 g/mol. The highest BCUT2D eigenvalue weighted by atomic mass is 35.5. The van der Waals surface area contributed by atoms with E-state index >= 15 is 0 Å². The number of halogens is 1. The Bertz CT molecular complexity index is 1180. The molecule has 0 aliphatic heterocycles. The van der Waals surface area contributed by atoms with Crippen molar-refractivity contribution >= 4 is 33.2 Å². The summed E-state index contributed by atoms with van der Waals surface area (Å²) in [6.45, 7) is 3.24. The minimum absolute atomic E-state index is 0.0410. The van der Waals surface area contributed by atoms with Crippen LogP contribution in [0.3, 0.4) is 0 Å². The average molecular weight is 449 g/mol. The van der Waals surface area contributed by atoms with Crippen LogP contribution in [-0.2, 0) is 21.4 Å². The van der Waals surface area contributed by atoms with Crippen LogP contribution >= 0.6 is 11.6 Å². The maximum atomic E-state index is 12.4. The van der Waals surface area contributed by atoms with Crippen LogP contribution in [0.1, 0.15) is 17.0 Å². The van der Waals surface area contributed by atoms with Gasteiger partial charge in [-0.05, 0) is 43.2 Å². The molecule has 1 amide bonds. The van der Waals surface area contributed by atoms with Crippen molar-refractivity contribution in [3.63, 3.8) is 0 Å². The summed E-state index contributed by atoms with van der Waals surface area (Å²) in [5.74, 6) is -0.0206. The Morgan fingerprint density at radius 2 is 1.93 bits per heavy atom. The molecule has 8 nitrogen and oxygen atoms in total. The predicted octanol–water partition coefficient (Wildman–Crippen LogP) is 3.09. The number of rotatable bonds is 7. The molecule has 0 aliphatic rings. The molecule has 0 spiro atoms. The lowest BCUT2D eigenvalue weighted by molar-refractivity contribution is -0.119. The first-order chi connectivity index (χ1) is 14.1. The molecule has 1 heterocycles. The van der Waals surface area contributed by atoms with Gasteiger partial charge in [0.15, 0.2) is 0 Å². The van der Waals surface area contributed by atoms with Crippen molar-refractivity contribution in [3.8, 4) is 11.4 Å². The zero-order valence-electron chi connectivity index (χ0n) is 16.7. The number of benzene rings is 2. The summed E-state index contributed by atoms with van der Waals surface area (Å²) in [5.41, 5.74) is 2.72. The molecule has 0 atom stereocenters. The van der Waals surface area contributed by atoms with Gasteiger partial charge in [0.05, 0.1) is 23.5 Å². The molecule has 10 heteroatoms. The van der Waals surface area contributed by atoms with Crippen LogP contribution in [0.25, 0.3) is 11.4 Å². The Labute approximate surface area is 179 Å². The Hall–Kier alpha value is -2.91. The molecule has 158 valence electrons. The van der Waals surface area contributed by atoms with Crippen LogP contribution in [0.15, 0.2) is 47.0 Å². The third-order valence-corrected chi connectivity index (χ3v) is 5.80. The molecular weight excluding hydrogens is 428 g/mol. The van der Waals surface area contributed by atoms with E-state index in [-0.39, 0.29) is 19.0 Å². The lowest BCUT2D eigenvalue weighted by Crippen LogP contribution is -2.40. The number of aromatic nitrogens is 2. The van der Waals surface area contributed by atoms with Crippen LogP contribution in [0, 0.1) is 13.8 Å². The van der Waals surface area contributed by atoms with E-state index in [1.54, 1.807) is 37.3 Å². The zero-order chi connectivity index (χ0) is 21.9. The van der Waals surface area contributed by atoms with Crippen molar-refractivity contribution in [3.05, 3.63) is 64.5 Å². The molecule has 3 aromatic rings. The van der Waals surface area contributed by atoms with Crippen molar-refractivity contribution in [2.75, 3.05) is 17.1 Å². The van der Waals surface area contributed by atoms with Gasteiger partial charge in [0, 0.05) is 5.56 Å². The highest BCUT2D eigenvalue weighted by Gasteiger charge is 2.23. The number of sulfonamides is 1. The lowest BCUT2D eigenvalue weighted by atomic mass is 10.1. The molecule has 0 unspecified atom stereocenters. The molecule has 0 bridgehead atoms. The molecule has 0 saturated heterocycles. The van der Waals surface area contributed by atoms with Gasteiger partial charge < -0.3 is 9.84 Å². The van der Waals surface area contributed by atoms with Crippen molar-refractivity contribution in [1.29, 1.82) is 0 Å². The van der Waals surface area contributed by atoms with E-state index in [1.807, 2.05) is 19.1 Å². The highest BCUT2D eigenvalue weighted by molar-refractivity contribution is 7.92. The number of aryl methyl sites for hydroxylation is 2. The summed E-state index contributed by atoms with van der Waals surface area (Å²) in [5, 5.41) is 6.95. The number of nitrogens with zero attached hydrogens (tertiary/aromatic N) is 3. The van der Waals surface area contributed by atoms with Gasteiger partial charge >= 0.3 is 0 Å². The van der Waals surface area contributed by atoms with Gasteiger partial charge in [0.1, 0.15) is 6.54 Å². The van der Waals surface area contributed by atoms with Crippen LogP contribution in [0.5, 0.6) is 0 Å². The quantitative estimate of drug-likeness (QED) is 0.595. The van der Waals surface area contributed by atoms with Crippen molar-refractivity contribution in [2.45, 2.75) is 20.4 Å². The first kappa shape index (κ1) is 21.8. The second-order valence-corrected chi connectivity index (χ2v) is 9.14. The zero-order valence-corrected chi connectivity index (χ0v) is 18.3. The smallest absolute Gasteiger partial charge is 0.246 e. The number of nitrogens with one attached hydrogen (secondary N) is 1. The van der Waals surface area contributed by atoms with E-state index in [0.717, 1.165) is 21.7 Å². The molecule has 2 aromatic carbocycles. The predicted molar refractivity (Wildman–Crippen MR) is 115 cm³/mol. The van der Waals surface area contributed by atoms with Crippen LogP contribution in [0.2, 0.25) is 5.02 Å². The topological polar surface area (TPSA) is 105 Å². The first-order valence-electron chi connectivity index (χ1n) is 9.04. The second-order valence-electron chi connectivity index (χ2n) is 6.83. The molecule has 3 rings (SSSR count). The SMILES string of the molecule is Cc1ccc(C)c(N(CC(=O)NCc2nc(-c3ccccc3Cl)no2)S(C)(=O)=O)c1. The van der Waals surface area contributed by atoms with Gasteiger partial charge in [-0.2, -0.15) is 4.98 Å². The standard InChI is InChI=1S/C20H21ClN4O4S/c1-13-8-9-14(2)17(10-13)25(30(3,27)28)12-18(26)22-11-19-23-20(24-29-19)15-6-4-5-7-16(15)21/h4-10H,11-12H2,1-3H3,(H,22,26). The summed E-state index contributed by atoms with van der Waals surface area (Å²) in [4.78, 5) is 16.7. The Kier molecular flexibility index (Phi) is 6.42. The number of anilines is 1. The summed E-state index contributed by atoms with van der Waals surface area (Å²) < 4.78 is 30.8. The molecule has 1 N–H and O–H groups in total. The van der Waals surface area contributed by atoms with E-state index in [1.165, 1.54) is 0 Å². The van der Waals surface area contributed by atoms with Crippen LogP contribution in [0.4, 0.5) is 5.69 Å². The number of carbonyl (C=O) groups is 1. The molecular formula is C20H21ClN4O4S. The Balaban J connectivity index is 1.70. The van der Waals surface area contributed by atoms with Crippen molar-refractivity contribution < 1.29 is 17.7 Å². The third kappa shape index (κ3) is 5.17. The van der Waals surface area contributed by atoms with Gasteiger partial charge in [0.25, 0.3) is 0 Å². The maximum Gasteiger partial charge on any atom is 0.246 e. The molecule has 0 aliphatic carbocycles. The van der Waals surface area contributed by atoms with Crippen molar-refractivity contribution in [1.82, 2.24) is 15.5 Å². The van der Waals surface area contributed by atoms with Gasteiger partial charge in [0.2, 0.25) is 27.6 Å². The lowest BCUT2D eigenvalue weighted by Gasteiger charge is -2.24. The van der Waals surface area contributed by atoms with E-state index in [9.17, 15) is 13.2 Å². The number of amides is 1. The molecule has 0 radical (unpaired) electrons. The molecule has 1 aromatic heterocycles. The maximum absolute atomic E-state index is 12.4. The third-order valence-electron chi connectivity index (χ3n) is 4.34.